The molecule has 0 unspecified atom stereocenters. The Bertz CT molecular complexity index is 625. The van der Waals surface area contributed by atoms with Gasteiger partial charge in [-0.25, -0.2) is 4.98 Å². The van der Waals surface area contributed by atoms with Crippen molar-refractivity contribution in [2.75, 3.05) is 23.8 Å². The fraction of sp³-hybridized carbons (Fsp3) is 0.353. The van der Waals surface area contributed by atoms with Crippen molar-refractivity contribution < 1.29 is 0 Å². The number of rotatable bonds is 5. The first-order valence-corrected chi connectivity index (χ1v) is 7.56. The summed E-state index contributed by atoms with van der Waals surface area (Å²) in [7, 11) is 2.07. The standard InChI is InChI=1S/C17H22ClN3/c1-5-19-17-9-7-14(18)15(20-17)11-21(4)16-8-6-12(2)10-13(16)3/h6-10H,5,11H2,1-4H3,(H,19,20). The lowest BCUT2D eigenvalue weighted by Gasteiger charge is -2.22. The lowest BCUT2D eigenvalue weighted by Crippen LogP contribution is -2.19. The van der Waals surface area contributed by atoms with E-state index in [1.54, 1.807) is 0 Å². The van der Waals surface area contributed by atoms with Crippen LogP contribution in [0.25, 0.3) is 0 Å². The number of hydrogen-bond donors (Lipinski definition) is 1. The predicted molar refractivity (Wildman–Crippen MR) is 91.4 cm³/mol. The zero-order chi connectivity index (χ0) is 15.4. The number of aryl methyl sites for hydroxylation is 2. The molecule has 1 N–H and O–H groups in total. The fourth-order valence-corrected chi connectivity index (χ4v) is 2.58. The maximum atomic E-state index is 6.28. The number of aromatic nitrogens is 1. The van der Waals surface area contributed by atoms with E-state index in [-0.39, 0.29) is 0 Å². The molecule has 0 aliphatic heterocycles. The molecule has 2 rings (SSSR count). The quantitative estimate of drug-likeness (QED) is 0.886. The third kappa shape index (κ3) is 3.88. The van der Waals surface area contributed by atoms with E-state index >= 15 is 0 Å². The summed E-state index contributed by atoms with van der Waals surface area (Å²) in [6.45, 7) is 7.82. The molecule has 21 heavy (non-hydrogen) atoms. The van der Waals surface area contributed by atoms with E-state index in [2.05, 4.69) is 61.2 Å². The van der Waals surface area contributed by atoms with Gasteiger partial charge in [-0.3, -0.25) is 0 Å². The Labute approximate surface area is 132 Å². The van der Waals surface area contributed by atoms with Crippen LogP contribution in [0.4, 0.5) is 11.5 Å². The Balaban J connectivity index is 2.22. The average molecular weight is 304 g/mol. The summed E-state index contributed by atoms with van der Waals surface area (Å²) in [6.07, 6.45) is 0. The first kappa shape index (κ1) is 15.6. The molecule has 0 bridgehead atoms. The van der Waals surface area contributed by atoms with Gasteiger partial charge in [0.2, 0.25) is 0 Å². The summed E-state index contributed by atoms with van der Waals surface area (Å²) in [4.78, 5) is 6.77. The zero-order valence-corrected chi connectivity index (χ0v) is 13.8. The van der Waals surface area contributed by atoms with E-state index in [0.29, 0.717) is 11.6 Å². The monoisotopic (exact) mass is 303 g/mol. The molecule has 1 aromatic heterocycles. The Morgan fingerprint density at radius 2 is 1.95 bits per heavy atom. The summed E-state index contributed by atoms with van der Waals surface area (Å²) in [5, 5.41) is 3.92. The van der Waals surface area contributed by atoms with Gasteiger partial charge in [-0.1, -0.05) is 29.3 Å². The Kier molecular flexibility index (Phi) is 5.07. The van der Waals surface area contributed by atoms with Gasteiger partial charge < -0.3 is 10.2 Å². The van der Waals surface area contributed by atoms with Crippen LogP contribution in [0.15, 0.2) is 30.3 Å². The van der Waals surface area contributed by atoms with Gasteiger partial charge in [-0.15, -0.1) is 0 Å². The van der Waals surface area contributed by atoms with Crippen LogP contribution in [0.5, 0.6) is 0 Å². The molecule has 0 saturated heterocycles. The van der Waals surface area contributed by atoms with Crippen LogP contribution >= 0.6 is 11.6 Å². The molecule has 4 heteroatoms. The molecule has 1 heterocycles. The van der Waals surface area contributed by atoms with E-state index in [1.165, 1.54) is 16.8 Å². The third-order valence-corrected chi connectivity index (χ3v) is 3.77. The van der Waals surface area contributed by atoms with Gasteiger partial charge >= 0.3 is 0 Å². The molecule has 0 aliphatic carbocycles. The van der Waals surface area contributed by atoms with E-state index in [0.717, 1.165) is 18.1 Å². The van der Waals surface area contributed by atoms with Crippen LogP contribution in [-0.2, 0) is 6.54 Å². The van der Waals surface area contributed by atoms with Crippen molar-refractivity contribution in [2.24, 2.45) is 0 Å². The van der Waals surface area contributed by atoms with Crippen LogP contribution in [0, 0.1) is 13.8 Å². The third-order valence-electron chi connectivity index (χ3n) is 3.43. The Morgan fingerprint density at radius 3 is 2.62 bits per heavy atom. The van der Waals surface area contributed by atoms with Crippen LogP contribution < -0.4 is 10.2 Å². The van der Waals surface area contributed by atoms with E-state index in [4.69, 9.17) is 11.6 Å². The van der Waals surface area contributed by atoms with Crippen molar-refractivity contribution >= 4 is 23.1 Å². The van der Waals surface area contributed by atoms with Gasteiger partial charge in [0, 0.05) is 19.3 Å². The van der Waals surface area contributed by atoms with Crippen LogP contribution in [0.1, 0.15) is 23.7 Å². The van der Waals surface area contributed by atoms with Gasteiger partial charge in [-0.2, -0.15) is 0 Å². The summed E-state index contributed by atoms with van der Waals surface area (Å²) in [6, 6.07) is 10.3. The fourth-order valence-electron chi connectivity index (χ4n) is 2.42. The molecule has 0 amide bonds. The van der Waals surface area contributed by atoms with E-state index in [1.807, 2.05) is 12.1 Å². The summed E-state index contributed by atoms with van der Waals surface area (Å²) in [5.41, 5.74) is 4.62. The van der Waals surface area contributed by atoms with Crippen molar-refractivity contribution in [1.82, 2.24) is 4.98 Å². The maximum absolute atomic E-state index is 6.28. The lowest BCUT2D eigenvalue weighted by atomic mass is 10.1. The number of hydrogen-bond acceptors (Lipinski definition) is 3. The molecule has 0 spiro atoms. The smallest absolute Gasteiger partial charge is 0.126 e. The van der Waals surface area contributed by atoms with Crippen molar-refractivity contribution in [3.8, 4) is 0 Å². The highest BCUT2D eigenvalue weighted by molar-refractivity contribution is 6.31. The molecular formula is C17H22ClN3. The molecule has 3 nitrogen and oxygen atoms in total. The number of benzene rings is 1. The maximum Gasteiger partial charge on any atom is 0.126 e. The molecule has 0 radical (unpaired) electrons. The van der Waals surface area contributed by atoms with Gasteiger partial charge in [0.1, 0.15) is 5.82 Å². The van der Waals surface area contributed by atoms with Gasteiger partial charge in [0.25, 0.3) is 0 Å². The number of anilines is 2. The zero-order valence-electron chi connectivity index (χ0n) is 13.1. The molecule has 2 aromatic rings. The van der Waals surface area contributed by atoms with E-state index < -0.39 is 0 Å². The molecule has 0 fully saturated rings. The van der Waals surface area contributed by atoms with Crippen LogP contribution in [0.3, 0.4) is 0 Å². The van der Waals surface area contributed by atoms with Gasteiger partial charge in [0.05, 0.1) is 17.3 Å². The molecule has 0 saturated carbocycles. The summed E-state index contributed by atoms with van der Waals surface area (Å²) < 4.78 is 0. The molecular weight excluding hydrogens is 282 g/mol. The average Bonchev–Trinajstić information content (AvgIpc) is 2.42. The second-order valence-corrected chi connectivity index (χ2v) is 5.71. The molecule has 0 aliphatic rings. The SMILES string of the molecule is CCNc1ccc(Cl)c(CN(C)c2ccc(C)cc2C)n1. The minimum atomic E-state index is 0.683. The second kappa shape index (κ2) is 6.81. The Morgan fingerprint density at radius 1 is 1.19 bits per heavy atom. The first-order valence-electron chi connectivity index (χ1n) is 7.19. The topological polar surface area (TPSA) is 28.2 Å². The van der Waals surface area contributed by atoms with Crippen molar-refractivity contribution in [1.29, 1.82) is 0 Å². The number of halogens is 1. The lowest BCUT2D eigenvalue weighted by molar-refractivity contribution is 0.880. The van der Waals surface area contributed by atoms with Gasteiger partial charge in [-0.05, 0) is 44.5 Å². The molecule has 1 aromatic carbocycles. The van der Waals surface area contributed by atoms with Crippen LogP contribution in [-0.4, -0.2) is 18.6 Å². The summed E-state index contributed by atoms with van der Waals surface area (Å²) in [5.74, 6) is 0.867. The minimum Gasteiger partial charge on any atom is -0.370 e. The normalized spacial score (nSPS) is 10.5. The highest BCUT2D eigenvalue weighted by Crippen LogP contribution is 2.24. The van der Waals surface area contributed by atoms with Crippen molar-refractivity contribution in [3.63, 3.8) is 0 Å². The number of nitrogens with zero attached hydrogens (tertiary/aromatic N) is 2. The number of pyridine rings is 1. The van der Waals surface area contributed by atoms with E-state index in [9.17, 15) is 0 Å². The summed E-state index contributed by atoms with van der Waals surface area (Å²) >= 11 is 6.28. The number of nitrogens with one attached hydrogen (secondary N) is 1. The van der Waals surface area contributed by atoms with Crippen molar-refractivity contribution in [3.05, 3.63) is 52.2 Å². The van der Waals surface area contributed by atoms with Crippen molar-refractivity contribution in [2.45, 2.75) is 27.3 Å². The second-order valence-electron chi connectivity index (χ2n) is 5.30. The highest BCUT2D eigenvalue weighted by Gasteiger charge is 2.10. The predicted octanol–water partition coefficient (Wildman–Crippen LogP) is 4.42. The van der Waals surface area contributed by atoms with Gasteiger partial charge in [0.15, 0.2) is 0 Å². The Hall–Kier alpha value is -1.74. The van der Waals surface area contributed by atoms with Crippen LogP contribution in [0.2, 0.25) is 5.02 Å². The molecule has 112 valence electrons. The molecule has 0 atom stereocenters. The minimum absolute atomic E-state index is 0.683. The largest absolute Gasteiger partial charge is 0.370 e. The first-order chi connectivity index (χ1) is 10.0. The highest BCUT2D eigenvalue weighted by atomic mass is 35.5.